The van der Waals surface area contributed by atoms with E-state index < -0.39 is 36.4 Å². The molecule has 0 aliphatic rings. The number of hydrogen-bond donors (Lipinski definition) is 8. The van der Waals surface area contributed by atoms with Crippen molar-refractivity contribution in [3.63, 3.8) is 0 Å². The van der Waals surface area contributed by atoms with Crippen molar-refractivity contribution >= 4 is 11.9 Å². The topological polar surface area (TPSA) is 180 Å². The maximum Gasteiger partial charge on any atom is 0.335 e. The molecule has 2 unspecified atom stereocenters. The summed E-state index contributed by atoms with van der Waals surface area (Å²) < 4.78 is 0. The number of aliphatic hydroxyl groups is 4. The van der Waals surface area contributed by atoms with Crippen LogP contribution in [0.25, 0.3) is 0 Å². The molecule has 0 radical (unpaired) electrons. The van der Waals surface area contributed by atoms with E-state index in [-0.39, 0.29) is 0 Å². The predicted molar refractivity (Wildman–Crippen MR) is 171 cm³/mol. The van der Waals surface area contributed by atoms with E-state index in [1.165, 1.54) is 64.5 Å². The fourth-order valence-corrected chi connectivity index (χ4v) is 3.77. The van der Waals surface area contributed by atoms with Crippen molar-refractivity contribution in [3.8, 4) is 0 Å². The Morgan fingerprint density at radius 1 is 0.476 bits per heavy atom. The van der Waals surface area contributed by atoms with Gasteiger partial charge in [-0.25, -0.2) is 9.59 Å². The summed E-state index contributed by atoms with van der Waals surface area (Å²) >= 11 is 0. The Bertz CT molecular complexity index is 564. The second kappa shape index (κ2) is 27.3. The molecule has 0 aromatic rings. The Morgan fingerprint density at radius 2 is 0.738 bits per heavy atom. The SMILES string of the molecule is CC(C)CCCC(C)NCCC(C)C.CC(C)CCCC(C)NCCC(C)C.O=C(O)[C@@H](O)[C@H](O)[C@H](O)[C@@H](O)C(=O)O. The quantitative estimate of drug-likeness (QED) is 0.0937. The van der Waals surface area contributed by atoms with Crippen molar-refractivity contribution in [2.75, 3.05) is 13.1 Å². The number of carboxylic acids is 2. The summed E-state index contributed by atoms with van der Waals surface area (Å²) in [5, 5.41) is 58.6. The van der Waals surface area contributed by atoms with Gasteiger partial charge in [0.1, 0.15) is 12.2 Å². The number of aliphatic carboxylic acids is 2. The average molecular weight is 609 g/mol. The molecule has 0 heterocycles. The number of carboxylic acid groups (broad SMARTS) is 2. The molecule has 254 valence electrons. The predicted octanol–water partition coefficient (Wildman–Crippen LogP) is 4.27. The van der Waals surface area contributed by atoms with Gasteiger partial charge in [-0.05, 0) is 76.3 Å². The highest BCUT2D eigenvalue weighted by molar-refractivity contribution is 5.75. The molecular weight excluding hydrogens is 540 g/mol. The van der Waals surface area contributed by atoms with Crippen LogP contribution in [0.15, 0.2) is 0 Å². The third kappa shape index (κ3) is 30.2. The molecule has 0 spiro atoms. The molecular formula is C32H68N2O8. The fraction of sp³-hybridized carbons (Fsp3) is 0.938. The Kier molecular flexibility index (Phi) is 29.3. The second-order valence-electron chi connectivity index (χ2n) is 13.3. The first-order valence-electron chi connectivity index (χ1n) is 16.0. The molecule has 0 saturated heterocycles. The number of rotatable bonds is 21. The van der Waals surface area contributed by atoms with Gasteiger partial charge < -0.3 is 41.3 Å². The van der Waals surface area contributed by atoms with Crippen molar-refractivity contribution < 1.29 is 40.2 Å². The van der Waals surface area contributed by atoms with Crippen molar-refractivity contribution in [2.24, 2.45) is 23.7 Å². The monoisotopic (exact) mass is 608 g/mol. The van der Waals surface area contributed by atoms with Gasteiger partial charge in [-0.2, -0.15) is 0 Å². The molecule has 8 N–H and O–H groups in total. The normalized spacial score (nSPS) is 15.8. The van der Waals surface area contributed by atoms with E-state index in [0.29, 0.717) is 12.1 Å². The fourth-order valence-electron chi connectivity index (χ4n) is 3.77. The van der Waals surface area contributed by atoms with Crippen LogP contribution in [0.2, 0.25) is 0 Å². The highest BCUT2D eigenvalue weighted by atomic mass is 16.4. The van der Waals surface area contributed by atoms with E-state index in [9.17, 15) is 9.59 Å². The van der Waals surface area contributed by atoms with Crippen LogP contribution in [0.5, 0.6) is 0 Å². The van der Waals surface area contributed by atoms with Gasteiger partial charge in [0.25, 0.3) is 0 Å². The molecule has 0 rings (SSSR count). The van der Waals surface area contributed by atoms with E-state index in [1.807, 2.05) is 0 Å². The molecule has 10 heteroatoms. The lowest BCUT2D eigenvalue weighted by molar-refractivity contribution is -0.172. The average Bonchev–Trinajstić information content (AvgIpc) is 2.86. The second-order valence-corrected chi connectivity index (χ2v) is 13.3. The number of nitrogens with one attached hydrogen (secondary N) is 2. The van der Waals surface area contributed by atoms with Crippen LogP contribution in [-0.2, 0) is 9.59 Å². The van der Waals surface area contributed by atoms with E-state index >= 15 is 0 Å². The van der Waals surface area contributed by atoms with Gasteiger partial charge in [0, 0.05) is 12.1 Å². The Morgan fingerprint density at radius 3 is 0.952 bits per heavy atom. The maximum absolute atomic E-state index is 10.1. The van der Waals surface area contributed by atoms with Crippen molar-refractivity contribution in [3.05, 3.63) is 0 Å². The molecule has 0 aromatic heterocycles. The van der Waals surface area contributed by atoms with Crippen LogP contribution in [0, 0.1) is 23.7 Å². The van der Waals surface area contributed by atoms with Crippen LogP contribution in [-0.4, -0.2) is 92.2 Å². The first-order chi connectivity index (χ1) is 19.3. The lowest BCUT2D eigenvalue weighted by Crippen LogP contribution is -2.49. The van der Waals surface area contributed by atoms with Crippen molar-refractivity contribution in [1.29, 1.82) is 0 Å². The van der Waals surface area contributed by atoms with Gasteiger partial charge in [-0.1, -0.05) is 81.1 Å². The van der Waals surface area contributed by atoms with Crippen LogP contribution in [0.1, 0.15) is 121 Å². The third-order valence-corrected chi connectivity index (χ3v) is 6.77. The maximum atomic E-state index is 10.1. The van der Waals surface area contributed by atoms with E-state index in [1.54, 1.807) is 0 Å². The summed E-state index contributed by atoms with van der Waals surface area (Å²) in [7, 11) is 0. The number of hydrogen-bond acceptors (Lipinski definition) is 8. The van der Waals surface area contributed by atoms with Crippen LogP contribution >= 0.6 is 0 Å². The standard InChI is InChI=1S/2C13H29N.C6H10O8/c2*1-11(2)7-6-8-13(5)14-10-9-12(3)4;7-1(3(9)5(11)12)2(8)4(10)6(13)14/h2*11-14H,6-10H2,1-5H3;1-4,7-10H,(H,11,12)(H,13,14)/t;;1-,2+,3+,4-. The summed E-state index contributed by atoms with van der Waals surface area (Å²) in [6.07, 6.45) is 1.46. The molecule has 10 nitrogen and oxygen atoms in total. The molecule has 0 aliphatic carbocycles. The molecule has 42 heavy (non-hydrogen) atoms. The lowest BCUT2D eigenvalue weighted by atomic mass is 10.0. The molecule has 0 bridgehead atoms. The van der Waals surface area contributed by atoms with Gasteiger partial charge >= 0.3 is 11.9 Å². The summed E-state index contributed by atoms with van der Waals surface area (Å²) in [5.74, 6) is -0.310. The zero-order chi connectivity index (χ0) is 33.4. The van der Waals surface area contributed by atoms with E-state index in [0.717, 1.165) is 23.7 Å². The Labute approximate surface area is 256 Å². The third-order valence-electron chi connectivity index (χ3n) is 6.77. The van der Waals surface area contributed by atoms with Crippen LogP contribution in [0.3, 0.4) is 0 Å². The number of carbonyl (C=O) groups is 2. The van der Waals surface area contributed by atoms with Crippen LogP contribution in [0.4, 0.5) is 0 Å². The minimum atomic E-state index is -2.36. The van der Waals surface area contributed by atoms with Crippen molar-refractivity contribution in [2.45, 2.75) is 157 Å². The Hall–Kier alpha value is -1.30. The van der Waals surface area contributed by atoms with Gasteiger partial charge in [0.2, 0.25) is 0 Å². The minimum absolute atomic E-state index is 0.701. The first kappa shape index (κ1) is 45.1. The zero-order valence-electron chi connectivity index (χ0n) is 28.3. The summed E-state index contributed by atoms with van der Waals surface area (Å²) in [6, 6.07) is 1.40. The van der Waals surface area contributed by atoms with Crippen molar-refractivity contribution in [1.82, 2.24) is 10.6 Å². The smallest absolute Gasteiger partial charge is 0.335 e. The molecule has 0 aromatic carbocycles. The largest absolute Gasteiger partial charge is 0.479 e. The van der Waals surface area contributed by atoms with Gasteiger partial charge in [-0.3, -0.25) is 0 Å². The van der Waals surface area contributed by atoms with Gasteiger partial charge in [0.05, 0.1) is 0 Å². The highest BCUT2D eigenvalue weighted by Crippen LogP contribution is 2.10. The zero-order valence-corrected chi connectivity index (χ0v) is 28.3. The summed E-state index contributed by atoms with van der Waals surface area (Å²) in [6.45, 7) is 25.3. The highest BCUT2D eigenvalue weighted by Gasteiger charge is 2.37. The van der Waals surface area contributed by atoms with E-state index in [2.05, 4.69) is 79.9 Å². The van der Waals surface area contributed by atoms with Gasteiger partial charge in [-0.15, -0.1) is 0 Å². The van der Waals surface area contributed by atoms with Crippen LogP contribution < -0.4 is 10.6 Å². The summed E-state index contributed by atoms with van der Waals surface area (Å²) in [5.41, 5.74) is 0. The molecule has 0 aliphatic heterocycles. The molecule has 0 fully saturated rings. The molecule has 0 amide bonds. The number of aliphatic hydroxyl groups excluding tert-OH is 4. The molecule has 0 saturated carbocycles. The molecule has 6 atom stereocenters. The van der Waals surface area contributed by atoms with E-state index in [4.69, 9.17) is 30.6 Å². The minimum Gasteiger partial charge on any atom is -0.479 e. The lowest BCUT2D eigenvalue weighted by Gasteiger charge is -2.21. The Balaban J connectivity index is -0.000000543. The van der Waals surface area contributed by atoms with Gasteiger partial charge in [0.15, 0.2) is 12.2 Å². The first-order valence-corrected chi connectivity index (χ1v) is 16.0. The summed E-state index contributed by atoms with van der Waals surface area (Å²) in [4.78, 5) is 20.2.